The van der Waals surface area contributed by atoms with Crippen molar-refractivity contribution >= 4 is 11.8 Å². The largest absolute Gasteiger partial charge is 0.357 e. The summed E-state index contributed by atoms with van der Waals surface area (Å²) in [6.07, 6.45) is 9.64. The maximum absolute atomic E-state index is 4.67. The van der Waals surface area contributed by atoms with Gasteiger partial charge in [-0.3, -0.25) is 4.99 Å². The first-order valence-corrected chi connectivity index (χ1v) is 9.91. The summed E-state index contributed by atoms with van der Waals surface area (Å²) in [4.78, 5) is 11.4. The van der Waals surface area contributed by atoms with Crippen molar-refractivity contribution in [2.24, 2.45) is 10.9 Å². The first-order valence-electron chi connectivity index (χ1n) is 9.91. The molecule has 1 aromatic rings. The van der Waals surface area contributed by atoms with Crippen LogP contribution in [0.2, 0.25) is 0 Å². The molecule has 1 aliphatic heterocycles. The number of anilines is 1. The van der Waals surface area contributed by atoms with Gasteiger partial charge < -0.3 is 15.5 Å². The molecule has 25 heavy (non-hydrogen) atoms. The van der Waals surface area contributed by atoms with E-state index in [9.17, 15) is 0 Å². The van der Waals surface area contributed by atoms with Crippen LogP contribution in [0.4, 0.5) is 5.82 Å². The fraction of sp³-hybridized carbons (Fsp3) is 0.700. The topological polar surface area (TPSA) is 52.6 Å². The number of aliphatic imine (C=N–C) groups is 1. The van der Waals surface area contributed by atoms with Crippen LogP contribution in [-0.4, -0.2) is 37.6 Å². The van der Waals surface area contributed by atoms with Crippen molar-refractivity contribution in [3.63, 3.8) is 0 Å². The molecule has 1 aliphatic rings. The molecule has 0 aliphatic carbocycles. The number of pyridine rings is 1. The lowest BCUT2D eigenvalue weighted by Crippen LogP contribution is -2.39. The molecule has 0 aromatic carbocycles. The van der Waals surface area contributed by atoms with Crippen LogP contribution in [0.25, 0.3) is 0 Å². The quantitative estimate of drug-likeness (QED) is 0.586. The van der Waals surface area contributed by atoms with Crippen LogP contribution in [0, 0.1) is 5.92 Å². The Morgan fingerprint density at radius 1 is 1.12 bits per heavy atom. The minimum absolute atomic E-state index is 0.702. The van der Waals surface area contributed by atoms with E-state index in [2.05, 4.69) is 51.5 Å². The third-order valence-electron chi connectivity index (χ3n) is 5.14. The Balaban J connectivity index is 1.81. The van der Waals surface area contributed by atoms with Gasteiger partial charge in [-0.05, 0) is 30.4 Å². The number of aromatic nitrogens is 1. The van der Waals surface area contributed by atoms with Gasteiger partial charge in [-0.25, -0.2) is 4.98 Å². The Labute approximate surface area is 153 Å². The van der Waals surface area contributed by atoms with Gasteiger partial charge in [-0.1, -0.05) is 45.6 Å². The van der Waals surface area contributed by atoms with Crippen LogP contribution in [0.15, 0.2) is 23.3 Å². The highest BCUT2D eigenvalue weighted by atomic mass is 15.2. The minimum Gasteiger partial charge on any atom is -0.357 e. The highest BCUT2D eigenvalue weighted by Gasteiger charge is 2.11. The Bertz CT molecular complexity index is 499. The van der Waals surface area contributed by atoms with Gasteiger partial charge in [0.15, 0.2) is 5.96 Å². The van der Waals surface area contributed by atoms with Crippen LogP contribution in [-0.2, 0) is 6.54 Å². The fourth-order valence-electron chi connectivity index (χ4n) is 3.23. The molecule has 2 rings (SSSR count). The molecule has 2 heterocycles. The third-order valence-corrected chi connectivity index (χ3v) is 5.14. The number of nitrogens with zero attached hydrogens (tertiary/aromatic N) is 3. The van der Waals surface area contributed by atoms with E-state index in [1.54, 1.807) is 0 Å². The van der Waals surface area contributed by atoms with E-state index in [0.717, 1.165) is 38.0 Å². The Morgan fingerprint density at radius 3 is 2.40 bits per heavy atom. The van der Waals surface area contributed by atoms with E-state index in [4.69, 9.17) is 0 Å². The van der Waals surface area contributed by atoms with Crippen LogP contribution in [0.1, 0.15) is 57.9 Å². The monoisotopic (exact) mass is 345 g/mol. The molecular formula is C20H35N5. The van der Waals surface area contributed by atoms with E-state index in [1.165, 1.54) is 44.1 Å². The Hall–Kier alpha value is -1.78. The van der Waals surface area contributed by atoms with Gasteiger partial charge in [-0.15, -0.1) is 0 Å². The number of nitrogens with one attached hydrogen (secondary N) is 2. The summed E-state index contributed by atoms with van der Waals surface area (Å²) in [5.74, 6) is 2.68. The number of rotatable bonds is 7. The second-order valence-corrected chi connectivity index (χ2v) is 6.92. The molecular weight excluding hydrogens is 310 g/mol. The molecule has 5 nitrogen and oxygen atoms in total. The van der Waals surface area contributed by atoms with Crippen molar-refractivity contribution in [1.29, 1.82) is 0 Å². The van der Waals surface area contributed by atoms with E-state index >= 15 is 0 Å². The average Bonchev–Trinajstić information content (AvgIpc) is 2.95. The molecule has 0 spiro atoms. The number of guanidine groups is 1. The van der Waals surface area contributed by atoms with Gasteiger partial charge in [0, 0.05) is 39.4 Å². The zero-order chi connectivity index (χ0) is 17.9. The number of hydrogen-bond donors (Lipinski definition) is 2. The lowest BCUT2D eigenvalue weighted by molar-refractivity contribution is 0.481. The average molecular weight is 346 g/mol. The zero-order valence-electron chi connectivity index (χ0n) is 16.2. The highest BCUT2D eigenvalue weighted by Crippen LogP contribution is 2.17. The molecule has 140 valence electrons. The summed E-state index contributed by atoms with van der Waals surface area (Å²) in [6.45, 7) is 8.47. The molecule has 5 heteroatoms. The summed E-state index contributed by atoms with van der Waals surface area (Å²) in [7, 11) is 1.82. The van der Waals surface area contributed by atoms with Gasteiger partial charge in [0.05, 0.1) is 0 Å². The van der Waals surface area contributed by atoms with Gasteiger partial charge in [0.25, 0.3) is 0 Å². The van der Waals surface area contributed by atoms with Crippen LogP contribution in [0.3, 0.4) is 0 Å². The second-order valence-electron chi connectivity index (χ2n) is 6.92. The molecule has 0 amide bonds. The highest BCUT2D eigenvalue weighted by molar-refractivity contribution is 5.79. The van der Waals surface area contributed by atoms with Crippen LogP contribution < -0.4 is 15.5 Å². The third kappa shape index (κ3) is 6.56. The number of hydrogen-bond acceptors (Lipinski definition) is 3. The fourth-order valence-corrected chi connectivity index (χ4v) is 3.23. The van der Waals surface area contributed by atoms with Crippen molar-refractivity contribution < 1.29 is 0 Å². The Kier molecular flexibility index (Phi) is 8.56. The molecule has 0 radical (unpaired) electrons. The van der Waals surface area contributed by atoms with Gasteiger partial charge >= 0.3 is 0 Å². The summed E-state index contributed by atoms with van der Waals surface area (Å²) in [5, 5.41) is 6.81. The predicted molar refractivity (Wildman–Crippen MR) is 107 cm³/mol. The molecule has 1 aromatic heterocycles. The summed E-state index contributed by atoms with van der Waals surface area (Å²) in [5.41, 5.74) is 1.18. The Morgan fingerprint density at radius 2 is 1.84 bits per heavy atom. The summed E-state index contributed by atoms with van der Waals surface area (Å²) >= 11 is 0. The predicted octanol–water partition coefficient (Wildman–Crippen LogP) is 3.56. The van der Waals surface area contributed by atoms with Crippen molar-refractivity contribution in [1.82, 2.24) is 15.6 Å². The van der Waals surface area contributed by atoms with Crippen molar-refractivity contribution in [3.8, 4) is 0 Å². The van der Waals surface area contributed by atoms with Crippen molar-refractivity contribution in [2.75, 3.05) is 31.6 Å². The minimum atomic E-state index is 0.702. The zero-order valence-corrected chi connectivity index (χ0v) is 16.2. The second kappa shape index (κ2) is 11.0. The maximum Gasteiger partial charge on any atom is 0.191 e. The van der Waals surface area contributed by atoms with Crippen LogP contribution >= 0.6 is 0 Å². The molecule has 1 fully saturated rings. The first kappa shape index (κ1) is 19.5. The first-order chi connectivity index (χ1) is 12.3. The van der Waals surface area contributed by atoms with Crippen molar-refractivity contribution in [2.45, 2.75) is 58.9 Å². The maximum atomic E-state index is 4.67. The summed E-state index contributed by atoms with van der Waals surface area (Å²) in [6, 6.07) is 4.33. The van der Waals surface area contributed by atoms with E-state index in [-0.39, 0.29) is 0 Å². The lowest BCUT2D eigenvalue weighted by Gasteiger charge is -2.21. The molecule has 0 atom stereocenters. The molecule has 1 saturated heterocycles. The molecule has 2 N–H and O–H groups in total. The van der Waals surface area contributed by atoms with Crippen LogP contribution in [0.5, 0.6) is 0 Å². The van der Waals surface area contributed by atoms with E-state index in [0.29, 0.717) is 5.92 Å². The van der Waals surface area contributed by atoms with Crippen molar-refractivity contribution in [3.05, 3.63) is 23.9 Å². The lowest BCUT2D eigenvalue weighted by atomic mass is 10.0. The van der Waals surface area contributed by atoms with E-state index < -0.39 is 0 Å². The SMILES string of the molecule is CCC(CC)CNC(=NC)NCc1ccc(N2CCCCCC2)nc1. The smallest absolute Gasteiger partial charge is 0.191 e. The molecule has 0 unspecified atom stereocenters. The van der Waals surface area contributed by atoms with Gasteiger partial charge in [0.1, 0.15) is 5.82 Å². The normalized spacial score (nSPS) is 16.0. The van der Waals surface area contributed by atoms with Gasteiger partial charge in [-0.2, -0.15) is 0 Å². The van der Waals surface area contributed by atoms with E-state index in [1.807, 2.05) is 13.2 Å². The summed E-state index contributed by atoms with van der Waals surface area (Å²) < 4.78 is 0. The standard InChI is InChI=1S/C20H35N5/c1-4-17(5-2)14-23-20(21-3)24-16-18-10-11-19(22-15-18)25-12-8-6-7-9-13-25/h10-11,15,17H,4-9,12-14,16H2,1-3H3,(H2,21,23,24). The van der Waals surface area contributed by atoms with Gasteiger partial charge in [0.2, 0.25) is 0 Å². The molecule has 0 bridgehead atoms. The molecule has 0 saturated carbocycles.